The average Bonchev–Trinajstić information content (AvgIpc) is 3.13. The Labute approximate surface area is 204 Å². The van der Waals surface area contributed by atoms with Crippen molar-refractivity contribution in [3.63, 3.8) is 0 Å². The van der Waals surface area contributed by atoms with Crippen LogP contribution < -0.4 is 19.6 Å². The molecule has 6 nitrogen and oxygen atoms in total. The third kappa shape index (κ3) is 4.43. The fourth-order valence-corrected chi connectivity index (χ4v) is 5.00. The number of fused-ring (bicyclic) bond motifs is 1. The van der Waals surface area contributed by atoms with Crippen molar-refractivity contribution in [1.29, 1.82) is 0 Å². The van der Waals surface area contributed by atoms with Crippen LogP contribution in [0.2, 0.25) is 5.02 Å². The summed E-state index contributed by atoms with van der Waals surface area (Å²) >= 11 is 7.26. The summed E-state index contributed by atoms with van der Waals surface area (Å²) in [5.41, 5.74) is 1.10. The van der Waals surface area contributed by atoms with Crippen molar-refractivity contribution in [2.75, 3.05) is 13.7 Å². The molecule has 0 radical (unpaired) electrons. The minimum atomic E-state index is -0.762. The van der Waals surface area contributed by atoms with E-state index in [1.807, 2.05) is 19.1 Å². The number of nitrogens with zero attached hydrogens (tertiary/aromatic N) is 2. The second-order valence-electron chi connectivity index (χ2n) is 7.63. The number of thiazole rings is 1. The van der Waals surface area contributed by atoms with Crippen molar-refractivity contribution in [2.45, 2.75) is 26.3 Å². The topological polar surface area (TPSA) is 69.9 Å². The number of ether oxygens (including phenoxy) is 2. The lowest BCUT2D eigenvalue weighted by Crippen LogP contribution is -2.39. The van der Waals surface area contributed by atoms with Crippen LogP contribution in [-0.2, 0) is 9.53 Å². The molecule has 2 heterocycles. The molecule has 3 aromatic rings. The highest BCUT2D eigenvalue weighted by Crippen LogP contribution is 2.31. The lowest BCUT2D eigenvalue weighted by molar-refractivity contribution is -0.136. The summed E-state index contributed by atoms with van der Waals surface area (Å²) in [5, 5.41) is 0.191. The molecular weight excluding hydrogens is 479 g/mol. The van der Waals surface area contributed by atoms with Gasteiger partial charge in [-0.3, -0.25) is 9.36 Å². The molecule has 0 amide bonds. The number of hydrogen-bond acceptors (Lipinski definition) is 6. The third-order valence-electron chi connectivity index (χ3n) is 5.37. The number of rotatable bonds is 6. The molecule has 34 heavy (non-hydrogen) atoms. The zero-order valence-corrected chi connectivity index (χ0v) is 20.4. The van der Waals surface area contributed by atoms with Crippen molar-refractivity contribution in [2.24, 2.45) is 4.99 Å². The summed E-state index contributed by atoms with van der Waals surface area (Å²) in [4.78, 5) is 31.1. The van der Waals surface area contributed by atoms with Gasteiger partial charge in [-0.25, -0.2) is 14.2 Å². The van der Waals surface area contributed by atoms with E-state index in [1.165, 1.54) is 29.9 Å². The Kier molecular flexibility index (Phi) is 7.00. The third-order valence-corrected chi connectivity index (χ3v) is 6.68. The van der Waals surface area contributed by atoms with Gasteiger partial charge in [0.1, 0.15) is 11.6 Å². The lowest BCUT2D eigenvalue weighted by Gasteiger charge is -2.24. The number of carbonyl (C=O) groups is 1. The van der Waals surface area contributed by atoms with Crippen molar-refractivity contribution in [3.05, 3.63) is 95.4 Å². The van der Waals surface area contributed by atoms with E-state index < -0.39 is 23.4 Å². The van der Waals surface area contributed by atoms with E-state index in [1.54, 1.807) is 25.1 Å². The highest BCUT2D eigenvalue weighted by Gasteiger charge is 2.33. The van der Waals surface area contributed by atoms with Gasteiger partial charge in [-0.05, 0) is 49.2 Å². The molecule has 0 bridgehead atoms. The zero-order chi connectivity index (χ0) is 24.4. The minimum absolute atomic E-state index is 0.118. The number of benzene rings is 2. The van der Waals surface area contributed by atoms with Gasteiger partial charge >= 0.3 is 5.97 Å². The van der Waals surface area contributed by atoms with Crippen LogP contribution in [0.25, 0.3) is 6.08 Å². The van der Waals surface area contributed by atoms with E-state index in [-0.39, 0.29) is 20.7 Å². The minimum Gasteiger partial charge on any atom is -0.494 e. The summed E-state index contributed by atoms with van der Waals surface area (Å²) in [5.74, 6) is -0.430. The van der Waals surface area contributed by atoms with Gasteiger partial charge in [-0.2, -0.15) is 0 Å². The van der Waals surface area contributed by atoms with Crippen molar-refractivity contribution < 1.29 is 18.7 Å². The lowest BCUT2D eigenvalue weighted by atomic mass is 9.96. The molecule has 0 saturated carbocycles. The number of hydrogen-bond donors (Lipinski definition) is 0. The van der Waals surface area contributed by atoms with E-state index in [0.717, 1.165) is 17.8 Å². The molecule has 1 atom stereocenters. The SMILES string of the molecule is CCCOc1ccc(C2C(C(=O)OC)=C(C)N=c3sc(=Cc4c(F)cccc4Cl)c(=O)n32)cc1. The average molecular weight is 501 g/mol. The highest BCUT2D eigenvalue weighted by atomic mass is 35.5. The van der Waals surface area contributed by atoms with Crippen LogP contribution in [0.1, 0.15) is 37.4 Å². The van der Waals surface area contributed by atoms with E-state index >= 15 is 0 Å². The molecule has 1 aromatic heterocycles. The predicted octanol–water partition coefficient (Wildman–Crippen LogP) is 3.99. The smallest absolute Gasteiger partial charge is 0.338 e. The van der Waals surface area contributed by atoms with Crippen LogP contribution in [-0.4, -0.2) is 24.3 Å². The molecule has 1 aliphatic heterocycles. The largest absolute Gasteiger partial charge is 0.494 e. The quantitative estimate of drug-likeness (QED) is 0.480. The first-order chi connectivity index (χ1) is 16.3. The van der Waals surface area contributed by atoms with E-state index in [4.69, 9.17) is 21.1 Å². The Bertz CT molecular complexity index is 1440. The molecule has 2 aromatic carbocycles. The Morgan fingerprint density at radius 3 is 2.65 bits per heavy atom. The molecule has 0 aliphatic carbocycles. The number of allylic oxidation sites excluding steroid dienone is 1. The second kappa shape index (κ2) is 9.95. The number of methoxy groups -OCH3 is 1. The van der Waals surface area contributed by atoms with Gasteiger partial charge in [-0.1, -0.05) is 48.1 Å². The maximum absolute atomic E-state index is 14.4. The Balaban J connectivity index is 1.92. The predicted molar refractivity (Wildman–Crippen MR) is 129 cm³/mol. The molecule has 0 saturated heterocycles. The summed E-state index contributed by atoms with van der Waals surface area (Å²) in [6, 6.07) is 10.8. The normalized spacial score (nSPS) is 15.7. The standard InChI is InChI=1S/C25H22ClFN2O4S/c1-4-12-33-16-10-8-15(9-11-16)22-21(24(31)32-3)14(2)28-25-29(22)23(30)20(34-25)13-17-18(26)6-5-7-19(17)27/h5-11,13,22H,4,12H2,1-3H3. The van der Waals surface area contributed by atoms with Gasteiger partial charge < -0.3 is 9.47 Å². The van der Waals surface area contributed by atoms with Gasteiger partial charge in [0, 0.05) is 5.56 Å². The highest BCUT2D eigenvalue weighted by molar-refractivity contribution is 7.07. The monoisotopic (exact) mass is 500 g/mol. The molecule has 176 valence electrons. The molecular formula is C25H22ClFN2O4S. The van der Waals surface area contributed by atoms with Crippen LogP contribution >= 0.6 is 22.9 Å². The fraction of sp³-hybridized carbons (Fsp3) is 0.240. The first-order valence-corrected chi connectivity index (χ1v) is 11.8. The van der Waals surface area contributed by atoms with E-state index in [9.17, 15) is 14.0 Å². The van der Waals surface area contributed by atoms with Crippen LogP contribution in [0.15, 0.2) is 63.5 Å². The molecule has 1 aliphatic rings. The number of halogens is 2. The molecule has 0 fully saturated rings. The van der Waals surface area contributed by atoms with Crippen LogP contribution in [0.4, 0.5) is 4.39 Å². The summed E-state index contributed by atoms with van der Waals surface area (Å²) in [6.07, 6.45) is 2.29. The van der Waals surface area contributed by atoms with Crippen LogP contribution in [0, 0.1) is 5.82 Å². The van der Waals surface area contributed by atoms with Gasteiger partial charge in [0.05, 0.1) is 40.6 Å². The maximum Gasteiger partial charge on any atom is 0.338 e. The van der Waals surface area contributed by atoms with Gasteiger partial charge in [0.15, 0.2) is 4.80 Å². The molecule has 1 unspecified atom stereocenters. The Morgan fingerprint density at radius 2 is 2.00 bits per heavy atom. The second-order valence-corrected chi connectivity index (χ2v) is 9.04. The van der Waals surface area contributed by atoms with Gasteiger partial charge in [0.25, 0.3) is 5.56 Å². The molecule has 0 spiro atoms. The number of carbonyl (C=O) groups excluding carboxylic acids is 1. The number of esters is 1. The van der Waals surface area contributed by atoms with Crippen LogP contribution in [0.5, 0.6) is 5.75 Å². The molecule has 0 N–H and O–H groups in total. The summed E-state index contributed by atoms with van der Waals surface area (Å²) < 4.78 is 26.7. The summed E-state index contributed by atoms with van der Waals surface area (Å²) in [7, 11) is 1.28. The Morgan fingerprint density at radius 1 is 1.26 bits per heavy atom. The zero-order valence-electron chi connectivity index (χ0n) is 18.8. The van der Waals surface area contributed by atoms with Gasteiger partial charge in [0.2, 0.25) is 0 Å². The fourth-order valence-electron chi connectivity index (χ4n) is 3.75. The van der Waals surface area contributed by atoms with E-state index in [2.05, 4.69) is 4.99 Å². The van der Waals surface area contributed by atoms with Crippen LogP contribution in [0.3, 0.4) is 0 Å². The molecule has 4 rings (SSSR count). The maximum atomic E-state index is 14.4. The van der Waals surface area contributed by atoms with E-state index in [0.29, 0.717) is 28.4 Å². The first kappa shape index (κ1) is 23.9. The first-order valence-electron chi connectivity index (χ1n) is 10.6. The van der Waals surface area contributed by atoms with Crippen molar-refractivity contribution >= 4 is 35.0 Å². The van der Waals surface area contributed by atoms with Crippen molar-refractivity contribution in [3.8, 4) is 5.75 Å². The molecule has 9 heteroatoms. The van der Waals surface area contributed by atoms with Crippen molar-refractivity contribution in [1.82, 2.24) is 4.57 Å². The van der Waals surface area contributed by atoms with Gasteiger partial charge in [-0.15, -0.1) is 0 Å². The number of aromatic nitrogens is 1. The Hall–Kier alpha value is -3.23. The summed E-state index contributed by atoms with van der Waals surface area (Å²) in [6.45, 7) is 4.30.